The van der Waals surface area contributed by atoms with Crippen LogP contribution in [0.1, 0.15) is 72.0 Å². The van der Waals surface area contributed by atoms with Crippen molar-refractivity contribution in [1.82, 2.24) is 0 Å². The maximum Gasteiger partial charge on any atom is 0.335 e. The van der Waals surface area contributed by atoms with Gasteiger partial charge in [-0.15, -0.1) is 0 Å². The van der Waals surface area contributed by atoms with Crippen molar-refractivity contribution in [2.24, 2.45) is 34.0 Å². The van der Waals surface area contributed by atoms with Crippen molar-refractivity contribution in [1.29, 1.82) is 0 Å². The lowest BCUT2D eigenvalue weighted by atomic mass is 9.36. The van der Waals surface area contributed by atoms with Gasteiger partial charge in [-0.05, 0) is 18.9 Å². The van der Waals surface area contributed by atoms with E-state index in [1.807, 2.05) is 6.92 Å². The molecule has 2 bridgehead atoms. The average Bonchev–Trinajstić information content (AvgIpc) is 3.41. The summed E-state index contributed by atoms with van der Waals surface area (Å²) in [6.07, 6.45) is -0.897. The van der Waals surface area contributed by atoms with Crippen LogP contribution in [0.3, 0.4) is 0 Å². The van der Waals surface area contributed by atoms with Crippen LogP contribution in [0.2, 0.25) is 0 Å². The number of rotatable bonds is 5. The molecule has 11 heteroatoms. The van der Waals surface area contributed by atoms with E-state index < -0.39 is 93.3 Å². The molecule has 5 aliphatic rings. The van der Waals surface area contributed by atoms with E-state index >= 15 is 0 Å². The molecule has 3 aliphatic carbocycles. The summed E-state index contributed by atoms with van der Waals surface area (Å²) in [5.74, 6) is -4.82. The lowest BCUT2D eigenvalue weighted by Gasteiger charge is -2.67. The van der Waals surface area contributed by atoms with Crippen molar-refractivity contribution in [2.75, 3.05) is 7.11 Å². The molecule has 5 fully saturated rings. The summed E-state index contributed by atoms with van der Waals surface area (Å²) in [4.78, 5) is 53.3. The Morgan fingerprint density at radius 2 is 1.88 bits per heavy atom. The predicted molar refractivity (Wildman–Crippen MR) is 138 cm³/mol. The van der Waals surface area contributed by atoms with Crippen molar-refractivity contribution in [2.45, 2.75) is 95.9 Å². The molecule has 2 aliphatic heterocycles. The second-order valence-electron chi connectivity index (χ2n) is 13.6. The Labute approximate surface area is 237 Å². The molecule has 11 nitrogen and oxygen atoms in total. The number of esters is 3. The fourth-order valence-corrected chi connectivity index (χ4v) is 9.85. The molecule has 2 N–H and O–H groups in total. The molecule has 0 unspecified atom stereocenters. The fraction of sp³-hybridized carbons (Fsp3) is 0.733. The van der Waals surface area contributed by atoms with Crippen molar-refractivity contribution < 1.29 is 52.8 Å². The molecule has 224 valence electrons. The number of aliphatic hydroxyl groups excluding tert-OH is 1. The fourth-order valence-electron chi connectivity index (χ4n) is 9.85. The third-order valence-electron chi connectivity index (χ3n) is 11.4. The molecule has 0 aromatic carbocycles. The predicted octanol–water partition coefficient (Wildman–Crippen LogP) is 2.27. The third-order valence-corrected chi connectivity index (χ3v) is 11.4. The maximum absolute atomic E-state index is 14.6. The molecule has 0 amide bonds. The Hall–Kier alpha value is -2.76. The lowest BCUT2D eigenvalue weighted by molar-refractivity contribution is -0.260. The minimum atomic E-state index is -2.28. The first-order valence-corrected chi connectivity index (χ1v) is 14.3. The van der Waals surface area contributed by atoms with E-state index in [2.05, 4.69) is 0 Å². The highest BCUT2D eigenvalue weighted by Crippen LogP contribution is 2.78. The Kier molecular flexibility index (Phi) is 5.98. The van der Waals surface area contributed by atoms with Crippen LogP contribution < -0.4 is 0 Å². The number of fused-ring (bicyclic) bond motifs is 5. The molecule has 41 heavy (non-hydrogen) atoms. The van der Waals surface area contributed by atoms with E-state index in [4.69, 9.17) is 23.4 Å². The molecular formula is C30H38O11. The van der Waals surface area contributed by atoms with Gasteiger partial charge in [0.05, 0.1) is 26.1 Å². The van der Waals surface area contributed by atoms with Gasteiger partial charge in [0.25, 0.3) is 0 Å². The number of carbonyl (C=O) groups excluding carboxylic acids is 4. The van der Waals surface area contributed by atoms with Gasteiger partial charge in [0.1, 0.15) is 23.9 Å². The zero-order valence-electron chi connectivity index (χ0n) is 24.2. The monoisotopic (exact) mass is 574 g/mol. The molecule has 0 radical (unpaired) electrons. The van der Waals surface area contributed by atoms with Gasteiger partial charge in [0.2, 0.25) is 0 Å². The Balaban J connectivity index is 1.55. The summed E-state index contributed by atoms with van der Waals surface area (Å²) < 4.78 is 28.5. The molecule has 2 saturated heterocycles. The first-order chi connectivity index (χ1) is 19.2. The second-order valence-corrected chi connectivity index (χ2v) is 13.6. The number of epoxide rings is 1. The summed E-state index contributed by atoms with van der Waals surface area (Å²) >= 11 is 0. The average molecular weight is 575 g/mol. The number of ether oxygens (including phenoxy) is 4. The smallest absolute Gasteiger partial charge is 0.335 e. The Morgan fingerprint density at radius 3 is 2.49 bits per heavy atom. The summed E-state index contributed by atoms with van der Waals surface area (Å²) in [5, 5.41) is 24.0. The number of carbonyl (C=O) groups is 4. The summed E-state index contributed by atoms with van der Waals surface area (Å²) in [7, 11) is 1.15. The van der Waals surface area contributed by atoms with Gasteiger partial charge < -0.3 is 33.6 Å². The molecule has 1 aromatic heterocycles. The van der Waals surface area contributed by atoms with Gasteiger partial charge in [-0.25, -0.2) is 4.79 Å². The Morgan fingerprint density at radius 1 is 1.17 bits per heavy atom. The molecular weight excluding hydrogens is 536 g/mol. The number of hydrogen-bond donors (Lipinski definition) is 2. The van der Waals surface area contributed by atoms with Crippen LogP contribution in [-0.4, -0.2) is 70.5 Å². The van der Waals surface area contributed by atoms with Gasteiger partial charge in [0, 0.05) is 46.0 Å². The van der Waals surface area contributed by atoms with Crippen LogP contribution in [0.4, 0.5) is 0 Å². The minimum Gasteiger partial charge on any atom is -0.472 e. The quantitative estimate of drug-likeness (QED) is 0.301. The second kappa shape index (κ2) is 8.64. The number of aliphatic hydroxyl groups is 2. The number of ketones is 1. The number of cyclic esters (lactones) is 1. The van der Waals surface area contributed by atoms with Gasteiger partial charge in [0.15, 0.2) is 17.5 Å². The molecule has 6 rings (SSSR count). The van der Waals surface area contributed by atoms with E-state index in [0.717, 1.165) is 7.11 Å². The molecule has 3 saturated carbocycles. The van der Waals surface area contributed by atoms with Crippen molar-refractivity contribution in [3.63, 3.8) is 0 Å². The lowest BCUT2D eigenvalue weighted by Crippen LogP contribution is -2.81. The Bertz CT molecular complexity index is 1300. The standard InChI is InChI=1S/C30H38O11/c1-7-17(31)40-24-26(2,3)20(19(33)22(34)37-6)28(5)15-8-10-27(4)16(30(15)25(41-30)29(24,36)23(28)35)12-18(32)39-21(27)14-9-11-38-13-14/h9,11,13,15-16,19-21,24-25,33,36H,7-8,10,12H2,1-6H3/t15-,16-,19+,20-,21-,24-,25+,27+,28+,29-,30+/m0/s1. The summed E-state index contributed by atoms with van der Waals surface area (Å²) in [5.41, 5.74) is -6.17. The van der Waals surface area contributed by atoms with E-state index in [1.54, 1.807) is 40.0 Å². The highest BCUT2D eigenvalue weighted by Gasteiger charge is 2.91. The first-order valence-electron chi connectivity index (χ1n) is 14.3. The highest BCUT2D eigenvalue weighted by molar-refractivity contribution is 5.99. The minimum absolute atomic E-state index is 0.00870. The number of Topliss-reactive ketones (excluding diaryl/α,β-unsaturated/α-hetero) is 1. The number of hydrogen-bond acceptors (Lipinski definition) is 11. The maximum atomic E-state index is 14.6. The molecule has 1 aromatic rings. The third kappa shape index (κ3) is 3.25. The van der Waals surface area contributed by atoms with Crippen molar-refractivity contribution in [3.8, 4) is 0 Å². The van der Waals surface area contributed by atoms with E-state index in [0.29, 0.717) is 18.4 Å². The van der Waals surface area contributed by atoms with Crippen LogP contribution in [0.15, 0.2) is 23.0 Å². The summed E-state index contributed by atoms with van der Waals surface area (Å²) in [6, 6.07) is 1.75. The van der Waals surface area contributed by atoms with Crippen molar-refractivity contribution >= 4 is 23.7 Å². The highest BCUT2D eigenvalue weighted by atomic mass is 16.6. The zero-order valence-corrected chi connectivity index (χ0v) is 24.2. The summed E-state index contributed by atoms with van der Waals surface area (Å²) in [6.45, 7) is 8.64. The zero-order chi connectivity index (χ0) is 29.9. The van der Waals surface area contributed by atoms with Crippen LogP contribution >= 0.6 is 0 Å². The van der Waals surface area contributed by atoms with Crippen LogP contribution in [-0.2, 0) is 38.1 Å². The number of methoxy groups -OCH3 is 1. The van der Waals surface area contributed by atoms with Gasteiger partial charge in [-0.1, -0.05) is 34.6 Å². The van der Waals surface area contributed by atoms with Gasteiger partial charge in [-0.3, -0.25) is 14.4 Å². The molecule has 3 heterocycles. The van der Waals surface area contributed by atoms with Crippen LogP contribution in [0.25, 0.3) is 0 Å². The molecule has 1 spiro atoms. The van der Waals surface area contributed by atoms with Crippen LogP contribution in [0.5, 0.6) is 0 Å². The van der Waals surface area contributed by atoms with Crippen molar-refractivity contribution in [3.05, 3.63) is 24.2 Å². The van der Waals surface area contributed by atoms with E-state index in [1.165, 1.54) is 6.26 Å². The van der Waals surface area contributed by atoms with E-state index in [9.17, 15) is 29.4 Å². The van der Waals surface area contributed by atoms with Gasteiger partial charge in [-0.2, -0.15) is 0 Å². The normalized spacial score (nSPS) is 46.2. The number of furan rings is 1. The van der Waals surface area contributed by atoms with Gasteiger partial charge >= 0.3 is 17.9 Å². The van der Waals surface area contributed by atoms with E-state index in [-0.39, 0.29) is 12.8 Å². The SMILES string of the molecule is CCC(=O)O[C@H]1C(C)(C)[C@H]([C@@H](O)C(=O)OC)[C@]2(C)C(=O)[C@@]1(O)[C@H]1O[C@]13[C@H]1CC(=O)O[C@@H](c4ccoc4)[C@]1(C)CC[C@@H]23. The van der Waals surface area contributed by atoms with Crippen LogP contribution in [0, 0.1) is 34.0 Å². The largest absolute Gasteiger partial charge is 0.472 e. The first kappa shape index (κ1) is 28.4. The topological polar surface area (TPSA) is 162 Å². The molecule has 11 atom stereocenters.